The lowest BCUT2D eigenvalue weighted by Crippen LogP contribution is -2.44. The molecule has 1 aromatic carbocycles. The summed E-state index contributed by atoms with van der Waals surface area (Å²) in [4.78, 5) is 31.7. The van der Waals surface area contributed by atoms with Gasteiger partial charge in [-0.25, -0.2) is 0 Å². The van der Waals surface area contributed by atoms with Crippen molar-refractivity contribution in [1.29, 1.82) is 0 Å². The summed E-state index contributed by atoms with van der Waals surface area (Å²) in [7, 11) is 0. The van der Waals surface area contributed by atoms with Gasteiger partial charge in [-0.3, -0.25) is 14.6 Å². The summed E-state index contributed by atoms with van der Waals surface area (Å²) < 4.78 is 45.4. The van der Waals surface area contributed by atoms with Crippen LogP contribution in [0.2, 0.25) is 0 Å². The molecule has 2 fully saturated rings. The Balaban J connectivity index is 1.39. The molecule has 0 aliphatic carbocycles. The van der Waals surface area contributed by atoms with Crippen molar-refractivity contribution in [2.45, 2.75) is 24.4 Å². The topological polar surface area (TPSA) is 71.5 Å². The Morgan fingerprint density at radius 1 is 1.26 bits per heavy atom. The SMILES string of the molecule is O=C(NCc1ccccn1)[C@H]1[C@H]2C=C[C@]3(CN(c4cccc(C(F)(F)F)c4)C(=O)[C@@H]13)O2. The van der Waals surface area contributed by atoms with Crippen LogP contribution in [0.1, 0.15) is 11.3 Å². The molecule has 1 spiro atoms. The molecule has 3 aliphatic rings. The van der Waals surface area contributed by atoms with Gasteiger partial charge in [-0.05, 0) is 30.3 Å². The number of alkyl halides is 3. The number of amides is 2. The van der Waals surface area contributed by atoms with E-state index in [1.54, 1.807) is 36.5 Å². The smallest absolute Gasteiger partial charge is 0.360 e. The monoisotopic (exact) mass is 429 g/mol. The second-order valence-corrected chi connectivity index (χ2v) is 7.91. The zero-order chi connectivity index (χ0) is 21.8. The molecule has 1 N–H and O–H groups in total. The lowest BCUT2D eigenvalue weighted by Gasteiger charge is -2.23. The van der Waals surface area contributed by atoms with E-state index in [0.717, 1.165) is 12.1 Å². The number of fused-ring (bicyclic) bond motifs is 1. The Morgan fingerprint density at radius 2 is 2.10 bits per heavy atom. The van der Waals surface area contributed by atoms with E-state index in [1.807, 2.05) is 0 Å². The molecule has 0 unspecified atom stereocenters. The third-order valence-corrected chi connectivity index (χ3v) is 6.06. The summed E-state index contributed by atoms with van der Waals surface area (Å²) in [5, 5.41) is 2.80. The Hall–Kier alpha value is -3.20. The van der Waals surface area contributed by atoms with Gasteiger partial charge >= 0.3 is 6.18 Å². The molecule has 31 heavy (non-hydrogen) atoms. The van der Waals surface area contributed by atoms with Gasteiger partial charge in [0.15, 0.2) is 0 Å². The van der Waals surface area contributed by atoms with Crippen molar-refractivity contribution in [3.8, 4) is 0 Å². The summed E-state index contributed by atoms with van der Waals surface area (Å²) in [6, 6.07) is 9.97. The van der Waals surface area contributed by atoms with E-state index in [0.29, 0.717) is 5.69 Å². The molecule has 6 nitrogen and oxygen atoms in total. The Labute approximate surface area is 175 Å². The first-order chi connectivity index (χ1) is 14.8. The predicted octanol–water partition coefficient (Wildman–Crippen LogP) is 2.70. The average Bonchev–Trinajstić information content (AvgIpc) is 3.40. The fraction of sp³-hybridized carbons (Fsp3) is 0.318. The van der Waals surface area contributed by atoms with Gasteiger partial charge in [0.2, 0.25) is 11.8 Å². The highest BCUT2D eigenvalue weighted by Crippen LogP contribution is 2.52. The number of hydrogen-bond donors (Lipinski definition) is 1. The van der Waals surface area contributed by atoms with E-state index in [2.05, 4.69) is 10.3 Å². The number of anilines is 1. The minimum Gasteiger partial charge on any atom is -0.360 e. The van der Waals surface area contributed by atoms with Gasteiger partial charge < -0.3 is 15.0 Å². The van der Waals surface area contributed by atoms with Gasteiger partial charge in [-0.1, -0.05) is 24.3 Å². The molecule has 4 atom stereocenters. The standard InChI is InChI=1S/C22H18F3N3O3/c23-22(24,25)13-4-3-6-15(10-13)28-12-21-8-7-16(31-21)17(18(21)20(28)30)19(29)27-11-14-5-1-2-9-26-14/h1-10,16-18H,11-12H2,(H,27,29)/t16-,17+,18-,21-/m1/s1. The van der Waals surface area contributed by atoms with E-state index < -0.39 is 41.2 Å². The van der Waals surface area contributed by atoms with E-state index in [-0.39, 0.29) is 24.7 Å². The highest BCUT2D eigenvalue weighted by atomic mass is 19.4. The van der Waals surface area contributed by atoms with Crippen LogP contribution < -0.4 is 10.2 Å². The Bertz CT molecular complexity index is 1070. The number of hydrogen-bond acceptors (Lipinski definition) is 4. The molecule has 3 aliphatic heterocycles. The van der Waals surface area contributed by atoms with Crippen molar-refractivity contribution in [3.05, 3.63) is 72.1 Å². The van der Waals surface area contributed by atoms with Crippen molar-refractivity contribution in [2.75, 3.05) is 11.4 Å². The highest BCUT2D eigenvalue weighted by Gasteiger charge is 2.67. The van der Waals surface area contributed by atoms with Crippen LogP contribution >= 0.6 is 0 Å². The zero-order valence-electron chi connectivity index (χ0n) is 16.2. The second-order valence-electron chi connectivity index (χ2n) is 7.91. The first kappa shape index (κ1) is 19.7. The summed E-state index contributed by atoms with van der Waals surface area (Å²) in [5.41, 5.74) is -1.04. The van der Waals surface area contributed by atoms with Crippen LogP contribution in [0.25, 0.3) is 0 Å². The first-order valence-corrected chi connectivity index (χ1v) is 9.82. The molecule has 0 radical (unpaired) electrons. The normalized spacial score (nSPS) is 28.8. The van der Waals surface area contributed by atoms with Crippen LogP contribution in [0.3, 0.4) is 0 Å². The minimum atomic E-state index is -4.52. The fourth-order valence-electron chi connectivity index (χ4n) is 4.66. The van der Waals surface area contributed by atoms with Crippen molar-refractivity contribution >= 4 is 17.5 Å². The minimum absolute atomic E-state index is 0.0643. The lowest BCUT2D eigenvalue weighted by atomic mass is 9.77. The van der Waals surface area contributed by atoms with E-state index in [9.17, 15) is 22.8 Å². The van der Waals surface area contributed by atoms with Crippen molar-refractivity contribution < 1.29 is 27.5 Å². The Morgan fingerprint density at radius 3 is 2.84 bits per heavy atom. The molecule has 2 saturated heterocycles. The quantitative estimate of drug-likeness (QED) is 0.759. The average molecular weight is 429 g/mol. The molecular formula is C22H18F3N3O3. The van der Waals surface area contributed by atoms with Crippen molar-refractivity contribution in [2.24, 2.45) is 11.8 Å². The number of nitrogens with one attached hydrogen (secondary N) is 1. The van der Waals surface area contributed by atoms with E-state index in [4.69, 9.17) is 4.74 Å². The van der Waals surface area contributed by atoms with E-state index >= 15 is 0 Å². The maximum Gasteiger partial charge on any atom is 0.416 e. The number of pyridine rings is 1. The fourth-order valence-corrected chi connectivity index (χ4v) is 4.66. The first-order valence-electron chi connectivity index (χ1n) is 9.82. The number of benzene rings is 1. The summed E-state index contributed by atoms with van der Waals surface area (Å²) in [5.74, 6) is -2.30. The third kappa shape index (κ3) is 3.20. The number of nitrogens with zero attached hydrogens (tertiary/aromatic N) is 2. The number of ether oxygens (including phenoxy) is 1. The number of aromatic nitrogens is 1. The van der Waals surface area contributed by atoms with Crippen LogP contribution in [0.15, 0.2) is 60.8 Å². The van der Waals surface area contributed by atoms with Crippen LogP contribution in [-0.4, -0.2) is 35.0 Å². The Kier molecular flexibility index (Phi) is 4.40. The van der Waals surface area contributed by atoms with Crippen LogP contribution in [0.5, 0.6) is 0 Å². The number of carbonyl (C=O) groups is 2. The largest absolute Gasteiger partial charge is 0.416 e. The maximum atomic E-state index is 13.3. The summed E-state index contributed by atoms with van der Waals surface area (Å²) in [6.07, 6.45) is 0.0745. The molecule has 160 valence electrons. The molecule has 2 aromatic rings. The number of carbonyl (C=O) groups excluding carboxylic acids is 2. The lowest BCUT2D eigenvalue weighted by molar-refractivity contribution is -0.137. The maximum absolute atomic E-state index is 13.3. The van der Waals surface area contributed by atoms with Gasteiger partial charge in [0, 0.05) is 11.9 Å². The summed E-state index contributed by atoms with van der Waals surface area (Å²) in [6.45, 7) is 0.271. The molecule has 9 heteroatoms. The van der Waals surface area contributed by atoms with Crippen LogP contribution in [0, 0.1) is 11.8 Å². The van der Waals surface area contributed by atoms with Gasteiger partial charge in [0.05, 0.1) is 42.3 Å². The van der Waals surface area contributed by atoms with E-state index in [1.165, 1.54) is 17.0 Å². The molecule has 4 heterocycles. The van der Waals surface area contributed by atoms with Gasteiger partial charge in [0.25, 0.3) is 0 Å². The van der Waals surface area contributed by atoms with Gasteiger partial charge in [-0.15, -0.1) is 0 Å². The zero-order valence-corrected chi connectivity index (χ0v) is 16.2. The highest BCUT2D eigenvalue weighted by molar-refractivity contribution is 6.03. The van der Waals surface area contributed by atoms with Gasteiger partial charge in [0.1, 0.15) is 5.60 Å². The molecule has 1 aromatic heterocycles. The number of rotatable bonds is 4. The number of halogens is 3. The molecule has 2 amide bonds. The van der Waals surface area contributed by atoms with Gasteiger partial charge in [-0.2, -0.15) is 13.2 Å². The van der Waals surface area contributed by atoms with Crippen molar-refractivity contribution in [3.63, 3.8) is 0 Å². The third-order valence-electron chi connectivity index (χ3n) is 6.06. The molecule has 0 saturated carbocycles. The summed E-state index contributed by atoms with van der Waals surface area (Å²) >= 11 is 0. The molecule has 5 rings (SSSR count). The van der Waals surface area contributed by atoms with Crippen LogP contribution in [-0.2, 0) is 27.0 Å². The molecule has 2 bridgehead atoms. The van der Waals surface area contributed by atoms with Crippen LogP contribution in [0.4, 0.5) is 18.9 Å². The molecular weight excluding hydrogens is 411 g/mol. The van der Waals surface area contributed by atoms with Crippen molar-refractivity contribution in [1.82, 2.24) is 10.3 Å². The predicted molar refractivity (Wildman–Crippen MR) is 104 cm³/mol. The second kappa shape index (κ2) is 6.91.